The first kappa shape index (κ1) is 10.4. The fourth-order valence-electron chi connectivity index (χ4n) is 1.47. The van der Waals surface area contributed by atoms with Crippen molar-refractivity contribution in [3.05, 3.63) is 47.3 Å². The molecule has 0 amide bonds. The van der Waals surface area contributed by atoms with Crippen LogP contribution in [0.25, 0.3) is 0 Å². The van der Waals surface area contributed by atoms with Crippen molar-refractivity contribution in [1.29, 1.82) is 0 Å². The molecule has 4 heteroatoms. The summed E-state index contributed by atoms with van der Waals surface area (Å²) in [6.07, 6.45) is 1.74. The largest absolute Gasteiger partial charge is 0.398 e. The monoisotopic (exact) mass is 215 g/mol. The Hall–Kier alpha value is -2.10. The molecule has 0 aliphatic heterocycles. The first-order valence-corrected chi connectivity index (χ1v) is 4.98. The lowest BCUT2D eigenvalue weighted by atomic mass is 10.1. The van der Waals surface area contributed by atoms with E-state index < -0.39 is 0 Å². The van der Waals surface area contributed by atoms with Gasteiger partial charge in [-0.15, -0.1) is 0 Å². The van der Waals surface area contributed by atoms with E-state index in [0.29, 0.717) is 16.9 Å². The zero-order chi connectivity index (χ0) is 11.7. The molecule has 0 aliphatic carbocycles. The average Bonchev–Trinajstić information content (AvgIpc) is 2.68. The van der Waals surface area contributed by atoms with Gasteiger partial charge in [0.1, 0.15) is 5.69 Å². The van der Waals surface area contributed by atoms with Crippen molar-refractivity contribution >= 4 is 11.5 Å². The summed E-state index contributed by atoms with van der Waals surface area (Å²) in [6, 6.07) is 6.99. The molecule has 0 spiro atoms. The molecule has 0 aliphatic rings. The van der Waals surface area contributed by atoms with Gasteiger partial charge in [-0.05, 0) is 24.6 Å². The van der Waals surface area contributed by atoms with Crippen LogP contribution in [0.1, 0.15) is 21.6 Å². The summed E-state index contributed by atoms with van der Waals surface area (Å²) in [5, 5.41) is 4.07. The van der Waals surface area contributed by atoms with Crippen LogP contribution in [-0.4, -0.2) is 15.6 Å². The van der Waals surface area contributed by atoms with Crippen molar-refractivity contribution in [3.63, 3.8) is 0 Å². The molecule has 16 heavy (non-hydrogen) atoms. The SMILES string of the molecule is Cc1ccc(C(=O)c2ccn(C)n2)cc1N. The molecule has 2 rings (SSSR count). The van der Waals surface area contributed by atoms with Gasteiger partial charge in [0.05, 0.1) is 0 Å². The Morgan fingerprint density at radius 1 is 1.38 bits per heavy atom. The standard InChI is InChI=1S/C12H13N3O/c1-8-3-4-9(7-10(8)13)12(16)11-5-6-15(2)14-11/h3-7H,13H2,1-2H3. The van der Waals surface area contributed by atoms with E-state index in [0.717, 1.165) is 5.56 Å². The highest BCUT2D eigenvalue weighted by molar-refractivity contribution is 6.08. The minimum Gasteiger partial charge on any atom is -0.398 e. The van der Waals surface area contributed by atoms with Crippen molar-refractivity contribution in [2.45, 2.75) is 6.92 Å². The van der Waals surface area contributed by atoms with E-state index in [2.05, 4.69) is 5.10 Å². The molecule has 0 radical (unpaired) electrons. The fourth-order valence-corrected chi connectivity index (χ4v) is 1.47. The zero-order valence-corrected chi connectivity index (χ0v) is 9.27. The second kappa shape index (κ2) is 3.81. The Labute approximate surface area is 93.7 Å². The van der Waals surface area contributed by atoms with Crippen molar-refractivity contribution in [3.8, 4) is 0 Å². The maximum absolute atomic E-state index is 12.0. The molecular formula is C12H13N3O. The third-order valence-corrected chi connectivity index (χ3v) is 2.49. The molecule has 0 fully saturated rings. The van der Waals surface area contributed by atoms with Crippen LogP contribution in [0.2, 0.25) is 0 Å². The first-order chi connectivity index (χ1) is 7.58. The van der Waals surface area contributed by atoms with Crippen LogP contribution >= 0.6 is 0 Å². The second-order valence-electron chi connectivity index (χ2n) is 3.78. The lowest BCUT2D eigenvalue weighted by Crippen LogP contribution is -2.04. The van der Waals surface area contributed by atoms with Crippen molar-refractivity contribution in [2.24, 2.45) is 7.05 Å². The van der Waals surface area contributed by atoms with Crippen molar-refractivity contribution in [2.75, 3.05) is 5.73 Å². The summed E-state index contributed by atoms with van der Waals surface area (Å²) in [5.41, 5.74) is 8.37. The van der Waals surface area contributed by atoms with Gasteiger partial charge in [-0.3, -0.25) is 9.48 Å². The molecule has 1 aromatic carbocycles. The van der Waals surface area contributed by atoms with Gasteiger partial charge in [-0.1, -0.05) is 12.1 Å². The number of nitrogen functional groups attached to an aromatic ring is 1. The van der Waals surface area contributed by atoms with Gasteiger partial charge in [0.15, 0.2) is 0 Å². The first-order valence-electron chi connectivity index (χ1n) is 4.98. The Morgan fingerprint density at radius 3 is 2.69 bits per heavy atom. The molecule has 2 aromatic rings. The van der Waals surface area contributed by atoms with Gasteiger partial charge in [0.25, 0.3) is 0 Å². The van der Waals surface area contributed by atoms with Gasteiger partial charge >= 0.3 is 0 Å². The number of nitrogens with two attached hydrogens (primary N) is 1. The van der Waals surface area contributed by atoms with Crippen LogP contribution < -0.4 is 5.73 Å². The third kappa shape index (κ3) is 1.82. The van der Waals surface area contributed by atoms with Gasteiger partial charge in [-0.2, -0.15) is 5.10 Å². The predicted octanol–water partition coefficient (Wildman–Crippen LogP) is 1.54. The highest BCUT2D eigenvalue weighted by atomic mass is 16.1. The number of nitrogens with zero attached hydrogens (tertiary/aromatic N) is 2. The molecule has 0 unspecified atom stereocenters. The molecule has 4 nitrogen and oxygen atoms in total. The van der Waals surface area contributed by atoms with E-state index in [9.17, 15) is 4.79 Å². The van der Waals surface area contributed by atoms with Crippen LogP contribution in [0, 0.1) is 6.92 Å². The molecule has 0 bridgehead atoms. The molecule has 0 saturated heterocycles. The maximum Gasteiger partial charge on any atom is 0.213 e. The normalized spacial score (nSPS) is 10.4. The summed E-state index contributed by atoms with van der Waals surface area (Å²) in [6.45, 7) is 1.91. The van der Waals surface area contributed by atoms with Gasteiger partial charge in [-0.25, -0.2) is 0 Å². The van der Waals surface area contributed by atoms with Crippen LogP contribution in [0.15, 0.2) is 30.5 Å². The summed E-state index contributed by atoms with van der Waals surface area (Å²) >= 11 is 0. The molecule has 0 saturated carbocycles. The van der Waals surface area contributed by atoms with Crippen molar-refractivity contribution in [1.82, 2.24) is 9.78 Å². The Balaban J connectivity index is 2.38. The highest BCUT2D eigenvalue weighted by Gasteiger charge is 2.12. The lowest BCUT2D eigenvalue weighted by Gasteiger charge is -2.02. The molecule has 2 N–H and O–H groups in total. The average molecular weight is 215 g/mol. The van der Waals surface area contributed by atoms with E-state index in [4.69, 9.17) is 5.73 Å². The third-order valence-electron chi connectivity index (χ3n) is 2.49. The van der Waals surface area contributed by atoms with E-state index in [-0.39, 0.29) is 5.78 Å². The summed E-state index contributed by atoms with van der Waals surface area (Å²) in [4.78, 5) is 12.0. The quantitative estimate of drug-likeness (QED) is 0.610. The molecule has 1 heterocycles. The summed E-state index contributed by atoms with van der Waals surface area (Å²) in [7, 11) is 1.78. The Morgan fingerprint density at radius 2 is 2.12 bits per heavy atom. The number of hydrogen-bond donors (Lipinski definition) is 1. The number of anilines is 1. The summed E-state index contributed by atoms with van der Waals surface area (Å²) < 4.78 is 1.60. The number of aromatic nitrogens is 2. The number of hydrogen-bond acceptors (Lipinski definition) is 3. The van der Waals surface area contributed by atoms with E-state index in [1.165, 1.54) is 0 Å². The van der Waals surface area contributed by atoms with Crippen LogP contribution in [0.4, 0.5) is 5.69 Å². The Kier molecular flexibility index (Phi) is 2.48. The smallest absolute Gasteiger partial charge is 0.213 e. The van der Waals surface area contributed by atoms with Crippen LogP contribution in [0.5, 0.6) is 0 Å². The minimum absolute atomic E-state index is 0.104. The number of benzene rings is 1. The molecule has 0 atom stereocenters. The molecular weight excluding hydrogens is 202 g/mol. The zero-order valence-electron chi connectivity index (χ0n) is 9.27. The molecule has 82 valence electrons. The topological polar surface area (TPSA) is 60.9 Å². The number of ketones is 1. The maximum atomic E-state index is 12.0. The highest BCUT2D eigenvalue weighted by Crippen LogP contribution is 2.15. The lowest BCUT2D eigenvalue weighted by molar-refractivity contribution is 0.103. The van der Waals surface area contributed by atoms with Crippen LogP contribution in [-0.2, 0) is 7.05 Å². The Bertz CT molecular complexity index is 543. The van der Waals surface area contributed by atoms with Gasteiger partial charge < -0.3 is 5.73 Å². The predicted molar refractivity (Wildman–Crippen MR) is 62.2 cm³/mol. The van der Waals surface area contributed by atoms with E-state index >= 15 is 0 Å². The van der Waals surface area contributed by atoms with E-state index in [1.54, 1.807) is 36.1 Å². The van der Waals surface area contributed by atoms with Crippen LogP contribution in [0.3, 0.4) is 0 Å². The number of aryl methyl sites for hydroxylation is 2. The number of carbonyl (C=O) groups excluding carboxylic acids is 1. The number of rotatable bonds is 2. The molecule has 1 aromatic heterocycles. The van der Waals surface area contributed by atoms with Gasteiger partial charge in [0, 0.05) is 24.5 Å². The van der Waals surface area contributed by atoms with Gasteiger partial charge in [0.2, 0.25) is 5.78 Å². The fraction of sp³-hybridized carbons (Fsp3) is 0.167. The van der Waals surface area contributed by atoms with E-state index in [1.807, 2.05) is 13.0 Å². The summed E-state index contributed by atoms with van der Waals surface area (Å²) in [5.74, 6) is -0.104. The second-order valence-corrected chi connectivity index (χ2v) is 3.78. The number of carbonyl (C=O) groups is 1. The van der Waals surface area contributed by atoms with Crippen molar-refractivity contribution < 1.29 is 4.79 Å². The minimum atomic E-state index is -0.104.